The highest BCUT2D eigenvalue weighted by Gasteiger charge is 2.32. The number of carbonyl (C=O) groups excluding carboxylic acids is 2. The summed E-state index contributed by atoms with van der Waals surface area (Å²) in [6.45, 7) is 0.544. The van der Waals surface area contributed by atoms with Crippen LogP contribution in [0.1, 0.15) is 30.9 Å². The summed E-state index contributed by atoms with van der Waals surface area (Å²) in [7, 11) is 3.96. The van der Waals surface area contributed by atoms with E-state index in [1.54, 1.807) is 4.90 Å². The molecule has 2 aromatic heterocycles. The first kappa shape index (κ1) is 19.7. The van der Waals surface area contributed by atoms with Crippen molar-refractivity contribution in [2.45, 2.75) is 25.3 Å². The second-order valence-corrected chi connectivity index (χ2v) is 7.67. The van der Waals surface area contributed by atoms with Crippen LogP contribution in [0.4, 0.5) is 17.2 Å². The van der Waals surface area contributed by atoms with Crippen molar-refractivity contribution in [2.75, 3.05) is 36.6 Å². The number of aromatic nitrogens is 3. The van der Waals surface area contributed by atoms with Gasteiger partial charge in [-0.3, -0.25) is 14.7 Å². The summed E-state index contributed by atoms with van der Waals surface area (Å²) in [6, 6.07) is 7.96. The van der Waals surface area contributed by atoms with Crippen LogP contribution in [0.3, 0.4) is 0 Å². The summed E-state index contributed by atoms with van der Waals surface area (Å²) in [5, 5.41) is 10.00. The number of rotatable bonds is 3. The van der Waals surface area contributed by atoms with E-state index < -0.39 is 11.8 Å². The van der Waals surface area contributed by atoms with Gasteiger partial charge >= 0.3 is 11.8 Å². The molecule has 1 aliphatic heterocycles. The van der Waals surface area contributed by atoms with Crippen LogP contribution in [0.25, 0.3) is 10.9 Å². The monoisotopic (exact) mass is 407 g/mol. The third-order valence-electron chi connectivity index (χ3n) is 5.49. The van der Waals surface area contributed by atoms with Gasteiger partial charge in [-0.05, 0) is 37.0 Å². The molecule has 1 aliphatic rings. The number of fused-ring (bicyclic) bond motifs is 1. The van der Waals surface area contributed by atoms with Crippen molar-refractivity contribution in [3.8, 4) is 0 Å². The van der Waals surface area contributed by atoms with Crippen molar-refractivity contribution in [1.29, 1.82) is 0 Å². The molecule has 1 fully saturated rings. The molecular weight excluding hydrogens is 382 g/mol. The number of nitrogens with one attached hydrogen (secondary N) is 2. The zero-order chi connectivity index (χ0) is 21.3. The van der Waals surface area contributed by atoms with Gasteiger partial charge in [-0.1, -0.05) is 12.1 Å². The topological polar surface area (TPSA) is 120 Å². The first-order chi connectivity index (χ1) is 14.5. The molecule has 1 saturated heterocycles. The number of piperidine rings is 1. The predicted octanol–water partition coefficient (Wildman–Crippen LogP) is 2.30. The molecule has 9 heteroatoms. The summed E-state index contributed by atoms with van der Waals surface area (Å²) in [4.78, 5) is 33.6. The van der Waals surface area contributed by atoms with Gasteiger partial charge < -0.3 is 20.9 Å². The van der Waals surface area contributed by atoms with Gasteiger partial charge in [-0.2, -0.15) is 5.10 Å². The third kappa shape index (κ3) is 3.66. The van der Waals surface area contributed by atoms with Gasteiger partial charge in [0.05, 0.1) is 35.0 Å². The number of hydrogen-bond donors (Lipinski definition) is 3. The SMILES string of the molecule is CN(C)c1cccc([C@@H]2CCCCN2C(=O)C(=O)Nc2cnc(N)c3cn[nH]c23)c1. The molecule has 4 N–H and O–H groups in total. The maximum atomic E-state index is 13.1. The van der Waals surface area contributed by atoms with Crippen molar-refractivity contribution in [2.24, 2.45) is 0 Å². The fourth-order valence-electron chi connectivity index (χ4n) is 3.89. The zero-order valence-electron chi connectivity index (χ0n) is 17.1. The minimum absolute atomic E-state index is 0.131. The number of benzene rings is 1. The average molecular weight is 407 g/mol. The highest BCUT2D eigenvalue weighted by molar-refractivity contribution is 6.40. The molecule has 0 aliphatic carbocycles. The number of pyridine rings is 1. The summed E-state index contributed by atoms with van der Waals surface area (Å²) in [6.07, 6.45) is 5.67. The van der Waals surface area contributed by atoms with E-state index >= 15 is 0 Å². The van der Waals surface area contributed by atoms with E-state index in [9.17, 15) is 9.59 Å². The normalized spacial score (nSPS) is 16.5. The van der Waals surface area contributed by atoms with E-state index in [0.29, 0.717) is 29.0 Å². The fourth-order valence-corrected chi connectivity index (χ4v) is 3.89. The molecule has 3 aromatic rings. The number of H-pyrrole nitrogens is 1. The molecule has 156 valence electrons. The van der Waals surface area contributed by atoms with Crippen molar-refractivity contribution in [3.05, 3.63) is 42.2 Å². The Kier molecular flexibility index (Phi) is 5.26. The minimum atomic E-state index is -0.701. The van der Waals surface area contributed by atoms with E-state index in [2.05, 4.69) is 26.6 Å². The number of aromatic amines is 1. The van der Waals surface area contributed by atoms with E-state index in [1.807, 2.05) is 37.2 Å². The summed E-state index contributed by atoms with van der Waals surface area (Å²) >= 11 is 0. The van der Waals surface area contributed by atoms with E-state index in [0.717, 1.165) is 30.5 Å². The van der Waals surface area contributed by atoms with Crippen molar-refractivity contribution >= 4 is 39.9 Å². The molecule has 0 radical (unpaired) electrons. The first-order valence-electron chi connectivity index (χ1n) is 9.92. The lowest BCUT2D eigenvalue weighted by Gasteiger charge is -2.36. The Bertz CT molecular complexity index is 1090. The van der Waals surface area contributed by atoms with Gasteiger partial charge in [0.15, 0.2) is 0 Å². The number of carbonyl (C=O) groups is 2. The van der Waals surface area contributed by atoms with Crippen LogP contribution in [-0.4, -0.2) is 52.5 Å². The van der Waals surface area contributed by atoms with Crippen LogP contribution in [0.5, 0.6) is 0 Å². The number of likely N-dealkylation sites (tertiary alicyclic amines) is 1. The number of nitrogens with two attached hydrogens (primary N) is 1. The molecular formula is C21H25N7O2. The predicted molar refractivity (Wildman–Crippen MR) is 116 cm³/mol. The molecule has 1 atom stereocenters. The van der Waals surface area contributed by atoms with Gasteiger partial charge in [-0.15, -0.1) is 0 Å². The standard InChI is InChI=1S/C21H25N7O2/c1-27(2)14-7-5-6-13(10-14)17-8-3-4-9-28(17)21(30)20(29)25-16-12-23-19(22)15-11-24-26-18(15)16/h5-7,10-12,17H,3-4,8-9H2,1-2H3,(H2,22,23)(H,24,26)(H,25,29)/t17-/m0/s1. The molecule has 0 unspecified atom stereocenters. The van der Waals surface area contributed by atoms with Crippen LogP contribution >= 0.6 is 0 Å². The Morgan fingerprint density at radius 3 is 2.90 bits per heavy atom. The lowest BCUT2D eigenvalue weighted by atomic mass is 9.94. The molecule has 9 nitrogen and oxygen atoms in total. The molecule has 0 bridgehead atoms. The van der Waals surface area contributed by atoms with E-state index in [1.165, 1.54) is 12.4 Å². The fraction of sp³-hybridized carbons (Fsp3) is 0.333. The highest BCUT2D eigenvalue weighted by atomic mass is 16.2. The second-order valence-electron chi connectivity index (χ2n) is 7.67. The number of nitrogens with zero attached hydrogens (tertiary/aromatic N) is 4. The largest absolute Gasteiger partial charge is 0.383 e. The summed E-state index contributed by atoms with van der Waals surface area (Å²) < 4.78 is 0. The van der Waals surface area contributed by atoms with Gasteiger partial charge in [0, 0.05) is 26.3 Å². The van der Waals surface area contributed by atoms with Crippen LogP contribution < -0.4 is 16.0 Å². The molecule has 1 aromatic carbocycles. The van der Waals surface area contributed by atoms with Crippen LogP contribution in [0.2, 0.25) is 0 Å². The minimum Gasteiger partial charge on any atom is -0.383 e. The quantitative estimate of drug-likeness (QED) is 0.573. The molecule has 30 heavy (non-hydrogen) atoms. The van der Waals surface area contributed by atoms with Gasteiger partial charge in [0.25, 0.3) is 0 Å². The van der Waals surface area contributed by atoms with Crippen LogP contribution in [0, 0.1) is 0 Å². The zero-order valence-corrected chi connectivity index (χ0v) is 17.1. The Balaban J connectivity index is 1.57. The Morgan fingerprint density at radius 2 is 2.10 bits per heavy atom. The molecule has 0 spiro atoms. The second kappa shape index (κ2) is 8.02. The van der Waals surface area contributed by atoms with Gasteiger partial charge in [0.2, 0.25) is 0 Å². The van der Waals surface area contributed by atoms with Crippen LogP contribution in [-0.2, 0) is 9.59 Å². The number of hydrogen-bond acceptors (Lipinski definition) is 6. The van der Waals surface area contributed by atoms with Gasteiger partial charge in [-0.25, -0.2) is 4.98 Å². The van der Waals surface area contributed by atoms with Crippen molar-refractivity contribution < 1.29 is 9.59 Å². The van der Waals surface area contributed by atoms with Crippen LogP contribution in [0.15, 0.2) is 36.7 Å². The average Bonchev–Trinajstić information content (AvgIpc) is 3.26. The van der Waals surface area contributed by atoms with E-state index in [4.69, 9.17) is 5.73 Å². The number of anilines is 3. The number of amides is 2. The Labute approximate surface area is 174 Å². The van der Waals surface area contributed by atoms with E-state index in [-0.39, 0.29) is 6.04 Å². The lowest BCUT2D eigenvalue weighted by Crippen LogP contribution is -2.44. The first-order valence-corrected chi connectivity index (χ1v) is 9.92. The lowest BCUT2D eigenvalue weighted by molar-refractivity contribution is -0.145. The number of nitrogen functional groups attached to an aromatic ring is 1. The van der Waals surface area contributed by atoms with Crippen molar-refractivity contribution in [1.82, 2.24) is 20.1 Å². The maximum absolute atomic E-state index is 13.1. The van der Waals surface area contributed by atoms with Gasteiger partial charge in [0.1, 0.15) is 5.82 Å². The smallest absolute Gasteiger partial charge is 0.314 e. The maximum Gasteiger partial charge on any atom is 0.314 e. The molecule has 0 saturated carbocycles. The molecule has 3 heterocycles. The highest BCUT2D eigenvalue weighted by Crippen LogP contribution is 2.33. The summed E-state index contributed by atoms with van der Waals surface area (Å²) in [5.74, 6) is -0.951. The molecule has 4 rings (SSSR count). The van der Waals surface area contributed by atoms with Crippen molar-refractivity contribution in [3.63, 3.8) is 0 Å². The molecule has 2 amide bonds. The Morgan fingerprint density at radius 1 is 1.27 bits per heavy atom. The third-order valence-corrected chi connectivity index (χ3v) is 5.49. The Hall–Kier alpha value is -3.62. The summed E-state index contributed by atoms with van der Waals surface area (Å²) in [5.41, 5.74) is 8.84.